The largest absolute Gasteiger partial charge is 0.481 e. The minimum atomic E-state index is -0.788. The van der Waals surface area contributed by atoms with Crippen molar-refractivity contribution in [3.63, 3.8) is 0 Å². The summed E-state index contributed by atoms with van der Waals surface area (Å²) in [5.41, 5.74) is 0. The Morgan fingerprint density at radius 3 is 2.76 bits per heavy atom. The highest BCUT2D eigenvalue weighted by molar-refractivity contribution is 5.66. The summed E-state index contributed by atoms with van der Waals surface area (Å²) in [6.45, 7) is 3.98. The van der Waals surface area contributed by atoms with Gasteiger partial charge >= 0.3 is 5.97 Å². The van der Waals surface area contributed by atoms with Crippen LogP contribution in [0.5, 0.6) is 0 Å². The molecule has 0 amide bonds. The Bertz CT molecular complexity index is 398. The lowest BCUT2D eigenvalue weighted by Crippen LogP contribution is -2.07. The van der Waals surface area contributed by atoms with E-state index in [4.69, 9.17) is 9.52 Å². The molecule has 0 radical (unpaired) electrons. The lowest BCUT2D eigenvalue weighted by molar-refractivity contribution is -0.137. The molecule has 0 saturated heterocycles. The normalized spacial score (nSPS) is 18.9. The van der Waals surface area contributed by atoms with Gasteiger partial charge in [0.2, 0.25) is 11.8 Å². The van der Waals surface area contributed by atoms with Crippen molar-refractivity contribution in [3.05, 3.63) is 11.8 Å². The van der Waals surface area contributed by atoms with Gasteiger partial charge in [-0.3, -0.25) is 4.79 Å². The van der Waals surface area contributed by atoms with E-state index in [0.29, 0.717) is 30.0 Å². The summed E-state index contributed by atoms with van der Waals surface area (Å²) in [6, 6.07) is 0. The van der Waals surface area contributed by atoms with E-state index < -0.39 is 5.97 Å². The van der Waals surface area contributed by atoms with Crippen molar-refractivity contribution in [2.45, 2.75) is 45.4 Å². The standard InChI is InChI=1S/C12H18N2O3/c1-7(6-11(15)16)5-10-13-14-12(17-10)8(2)9-3-4-9/h7-9H,3-6H2,1-2H3,(H,15,16). The zero-order chi connectivity index (χ0) is 12.4. The highest BCUT2D eigenvalue weighted by Crippen LogP contribution is 2.41. The van der Waals surface area contributed by atoms with Crippen LogP contribution in [0.1, 0.15) is 50.8 Å². The lowest BCUT2D eigenvalue weighted by Gasteiger charge is -2.05. The number of hydrogen-bond donors (Lipinski definition) is 1. The first-order valence-corrected chi connectivity index (χ1v) is 6.10. The maximum absolute atomic E-state index is 10.5. The molecule has 1 aliphatic carbocycles. The van der Waals surface area contributed by atoms with Crippen LogP contribution >= 0.6 is 0 Å². The number of carbonyl (C=O) groups is 1. The van der Waals surface area contributed by atoms with Gasteiger partial charge in [0.1, 0.15) is 0 Å². The fourth-order valence-corrected chi connectivity index (χ4v) is 2.00. The summed E-state index contributed by atoms with van der Waals surface area (Å²) in [5.74, 6) is 1.53. The summed E-state index contributed by atoms with van der Waals surface area (Å²) < 4.78 is 5.58. The van der Waals surface area contributed by atoms with E-state index in [1.807, 2.05) is 6.92 Å². The maximum atomic E-state index is 10.5. The highest BCUT2D eigenvalue weighted by Gasteiger charge is 2.32. The topological polar surface area (TPSA) is 76.2 Å². The molecule has 2 rings (SSSR count). The van der Waals surface area contributed by atoms with Crippen molar-refractivity contribution < 1.29 is 14.3 Å². The van der Waals surface area contributed by atoms with Crippen LogP contribution in [-0.4, -0.2) is 21.3 Å². The first-order chi connectivity index (χ1) is 8.06. The highest BCUT2D eigenvalue weighted by atomic mass is 16.4. The molecule has 0 aromatic carbocycles. The maximum Gasteiger partial charge on any atom is 0.303 e. The van der Waals surface area contributed by atoms with Gasteiger partial charge in [-0.2, -0.15) is 0 Å². The summed E-state index contributed by atoms with van der Waals surface area (Å²) in [7, 11) is 0. The number of aromatic nitrogens is 2. The van der Waals surface area contributed by atoms with E-state index in [-0.39, 0.29) is 12.3 Å². The zero-order valence-corrected chi connectivity index (χ0v) is 10.2. The van der Waals surface area contributed by atoms with Crippen molar-refractivity contribution in [3.8, 4) is 0 Å². The molecule has 1 aliphatic rings. The lowest BCUT2D eigenvalue weighted by atomic mass is 10.0. The van der Waals surface area contributed by atoms with E-state index in [1.165, 1.54) is 12.8 Å². The van der Waals surface area contributed by atoms with Gasteiger partial charge in [-0.1, -0.05) is 13.8 Å². The van der Waals surface area contributed by atoms with Crippen molar-refractivity contribution >= 4 is 5.97 Å². The molecular formula is C12H18N2O3. The van der Waals surface area contributed by atoms with E-state index in [9.17, 15) is 4.79 Å². The Hall–Kier alpha value is -1.39. The Morgan fingerprint density at radius 2 is 2.18 bits per heavy atom. The number of hydrogen-bond acceptors (Lipinski definition) is 4. The molecule has 2 unspecified atom stereocenters. The second kappa shape index (κ2) is 4.85. The van der Waals surface area contributed by atoms with Gasteiger partial charge in [0.15, 0.2) is 0 Å². The van der Waals surface area contributed by atoms with Crippen molar-refractivity contribution in [1.82, 2.24) is 10.2 Å². The van der Waals surface area contributed by atoms with Crippen LogP contribution in [-0.2, 0) is 11.2 Å². The zero-order valence-electron chi connectivity index (χ0n) is 10.2. The van der Waals surface area contributed by atoms with Crippen LogP contribution in [0.15, 0.2) is 4.42 Å². The van der Waals surface area contributed by atoms with Crippen LogP contribution in [0.3, 0.4) is 0 Å². The SMILES string of the molecule is CC(CC(=O)O)Cc1nnc(C(C)C2CC2)o1. The average molecular weight is 238 g/mol. The molecular weight excluding hydrogens is 220 g/mol. The summed E-state index contributed by atoms with van der Waals surface area (Å²) in [6.07, 6.45) is 3.16. The van der Waals surface area contributed by atoms with Gasteiger partial charge < -0.3 is 9.52 Å². The molecule has 1 heterocycles. The quantitative estimate of drug-likeness (QED) is 0.822. The molecule has 1 aromatic rings. The summed E-state index contributed by atoms with van der Waals surface area (Å²) >= 11 is 0. The fraction of sp³-hybridized carbons (Fsp3) is 0.750. The van der Waals surface area contributed by atoms with Gasteiger partial charge in [-0.25, -0.2) is 0 Å². The molecule has 0 bridgehead atoms. The number of aliphatic carboxylic acids is 1. The van der Waals surface area contributed by atoms with Gasteiger partial charge in [0.05, 0.1) is 0 Å². The van der Waals surface area contributed by atoms with Gasteiger partial charge in [-0.05, 0) is 24.7 Å². The number of rotatable bonds is 6. The first-order valence-electron chi connectivity index (χ1n) is 6.10. The van der Waals surface area contributed by atoms with E-state index in [1.54, 1.807) is 0 Å². The Kier molecular flexibility index (Phi) is 3.45. The van der Waals surface area contributed by atoms with Crippen LogP contribution in [0.2, 0.25) is 0 Å². The van der Waals surface area contributed by atoms with Crippen molar-refractivity contribution in [2.75, 3.05) is 0 Å². The Balaban J connectivity index is 1.91. The molecule has 1 saturated carbocycles. The number of carboxylic acids is 1. The molecule has 1 aromatic heterocycles. The molecule has 5 nitrogen and oxygen atoms in total. The second-order valence-electron chi connectivity index (χ2n) is 5.07. The van der Waals surface area contributed by atoms with Crippen LogP contribution in [0.25, 0.3) is 0 Å². The number of nitrogens with zero attached hydrogens (tertiary/aromatic N) is 2. The van der Waals surface area contributed by atoms with E-state index in [2.05, 4.69) is 17.1 Å². The number of carboxylic acid groups (broad SMARTS) is 1. The molecule has 2 atom stereocenters. The molecule has 5 heteroatoms. The molecule has 94 valence electrons. The van der Waals surface area contributed by atoms with Gasteiger partial charge in [0, 0.05) is 18.8 Å². The molecule has 1 N–H and O–H groups in total. The van der Waals surface area contributed by atoms with E-state index >= 15 is 0 Å². The smallest absolute Gasteiger partial charge is 0.303 e. The average Bonchev–Trinajstić information content (AvgIpc) is 2.98. The van der Waals surface area contributed by atoms with Crippen molar-refractivity contribution in [2.24, 2.45) is 11.8 Å². The van der Waals surface area contributed by atoms with E-state index in [0.717, 1.165) is 0 Å². The molecule has 0 spiro atoms. The Labute approximate surface area is 100 Å². The molecule has 1 fully saturated rings. The van der Waals surface area contributed by atoms with Crippen LogP contribution in [0, 0.1) is 11.8 Å². The monoisotopic (exact) mass is 238 g/mol. The third kappa shape index (κ3) is 3.28. The summed E-state index contributed by atoms with van der Waals surface area (Å²) in [4.78, 5) is 10.5. The predicted molar refractivity (Wildman–Crippen MR) is 60.6 cm³/mol. The van der Waals surface area contributed by atoms with Crippen LogP contribution in [0.4, 0.5) is 0 Å². The van der Waals surface area contributed by atoms with Crippen molar-refractivity contribution in [1.29, 1.82) is 0 Å². The minimum Gasteiger partial charge on any atom is -0.481 e. The third-order valence-corrected chi connectivity index (χ3v) is 3.25. The molecule has 0 aliphatic heterocycles. The van der Waals surface area contributed by atoms with Crippen LogP contribution < -0.4 is 0 Å². The molecule has 17 heavy (non-hydrogen) atoms. The first kappa shape index (κ1) is 12.1. The fourth-order valence-electron chi connectivity index (χ4n) is 2.00. The third-order valence-electron chi connectivity index (χ3n) is 3.25. The van der Waals surface area contributed by atoms with Gasteiger partial charge in [0.25, 0.3) is 0 Å². The second-order valence-corrected chi connectivity index (χ2v) is 5.07. The Morgan fingerprint density at radius 1 is 1.47 bits per heavy atom. The van der Waals surface area contributed by atoms with Gasteiger partial charge in [-0.15, -0.1) is 10.2 Å². The summed E-state index contributed by atoms with van der Waals surface area (Å²) in [5, 5.41) is 16.7. The minimum absolute atomic E-state index is 0.0250. The predicted octanol–water partition coefficient (Wildman–Crippen LogP) is 2.24.